The first-order valence-corrected chi connectivity index (χ1v) is 25.4. The number of furan rings is 1. The lowest BCUT2D eigenvalue weighted by molar-refractivity contribution is 0.673. The second-order valence-electron chi connectivity index (χ2n) is 19.0. The molecule has 4 heterocycles. The molecule has 0 saturated carbocycles. The monoisotopic (exact) mass is 957 g/mol. The van der Waals surface area contributed by atoms with Crippen LogP contribution in [0.1, 0.15) is 0 Å². The Kier molecular flexibility index (Phi) is 9.78. The van der Waals surface area contributed by atoms with Crippen LogP contribution in [0.25, 0.3) is 144 Å². The van der Waals surface area contributed by atoms with Crippen LogP contribution in [0.2, 0.25) is 0 Å². The van der Waals surface area contributed by atoms with Crippen LogP contribution < -0.4 is 0 Å². The Hall–Kier alpha value is -10.2. The molecule has 6 heteroatoms. The van der Waals surface area contributed by atoms with Crippen molar-refractivity contribution in [3.8, 4) is 78.9 Å². The summed E-state index contributed by atoms with van der Waals surface area (Å²) >= 11 is 0. The zero-order valence-electron chi connectivity index (χ0n) is 40.5. The fourth-order valence-electron chi connectivity index (χ4n) is 11.4. The standard InChI is InChI=1S/C69H43N5O/c1-4-20-44(21-5-1)45-36-38-48(39-37-45)67-70-68(57-30-11-10-26-49(57)46-22-6-2-7-23-46)72-69(71-67)58-31-15-19-35-62(58)74-61-34-18-14-29-52(61)54-41-43-56-55-42-40-53-51-28-13-17-33-60(51)73(63(53)65(55)75-66(56)64(54)74)59-32-16-12-27-50(59)47-24-8-3-9-25-47/h1-43H. The van der Waals surface area contributed by atoms with E-state index in [4.69, 9.17) is 19.4 Å². The highest BCUT2D eigenvalue weighted by Crippen LogP contribution is 2.46. The van der Waals surface area contributed by atoms with Gasteiger partial charge in [0.25, 0.3) is 0 Å². The highest BCUT2D eigenvalue weighted by molar-refractivity contribution is 6.26. The van der Waals surface area contributed by atoms with E-state index in [1.54, 1.807) is 0 Å². The number of fused-ring (bicyclic) bond motifs is 11. The molecule has 0 aliphatic carbocycles. The van der Waals surface area contributed by atoms with E-state index in [9.17, 15) is 0 Å². The lowest BCUT2D eigenvalue weighted by atomic mass is 9.99. The Labute approximate surface area is 431 Å². The summed E-state index contributed by atoms with van der Waals surface area (Å²) in [4.78, 5) is 16.1. The van der Waals surface area contributed by atoms with Crippen molar-refractivity contribution in [2.75, 3.05) is 0 Å². The van der Waals surface area contributed by atoms with Gasteiger partial charge in [0.2, 0.25) is 0 Å². The van der Waals surface area contributed by atoms with E-state index < -0.39 is 0 Å². The van der Waals surface area contributed by atoms with Crippen molar-refractivity contribution in [2.45, 2.75) is 0 Å². The van der Waals surface area contributed by atoms with Gasteiger partial charge in [0.1, 0.15) is 0 Å². The molecule has 75 heavy (non-hydrogen) atoms. The fourth-order valence-corrected chi connectivity index (χ4v) is 11.4. The highest BCUT2D eigenvalue weighted by atomic mass is 16.3. The number of hydrogen-bond acceptors (Lipinski definition) is 4. The van der Waals surface area contributed by atoms with Crippen LogP contribution in [0.15, 0.2) is 265 Å². The van der Waals surface area contributed by atoms with Crippen molar-refractivity contribution in [2.24, 2.45) is 0 Å². The summed E-state index contributed by atoms with van der Waals surface area (Å²) in [6.45, 7) is 0. The van der Waals surface area contributed by atoms with Gasteiger partial charge in [-0.15, -0.1) is 0 Å². The third kappa shape index (κ3) is 6.84. The largest absolute Gasteiger partial charge is 0.452 e. The van der Waals surface area contributed by atoms with Crippen LogP contribution in [0, 0.1) is 0 Å². The SMILES string of the molecule is c1ccc(-c2ccc(-c3nc(-c4ccccc4-c4ccccc4)nc(-c4ccccc4-n4c5ccccc5c5ccc6c7ccc8c9ccccc9n(-c9ccccc9-c9ccccc9)c8c7oc6c54)n3)cc2)cc1. The quantitative estimate of drug-likeness (QED) is 0.152. The fraction of sp³-hybridized carbons (Fsp3) is 0. The third-order valence-corrected chi connectivity index (χ3v) is 14.8. The van der Waals surface area contributed by atoms with Crippen LogP contribution in [-0.4, -0.2) is 24.1 Å². The van der Waals surface area contributed by atoms with E-state index >= 15 is 0 Å². The minimum Gasteiger partial charge on any atom is -0.452 e. The molecule has 0 unspecified atom stereocenters. The van der Waals surface area contributed by atoms with Crippen LogP contribution in [-0.2, 0) is 0 Å². The van der Waals surface area contributed by atoms with Crippen molar-refractivity contribution in [1.82, 2.24) is 24.1 Å². The molecule has 0 aliphatic heterocycles. The molecule has 15 rings (SSSR count). The first-order chi connectivity index (χ1) is 37.2. The Balaban J connectivity index is 0.988. The highest BCUT2D eigenvalue weighted by Gasteiger charge is 2.26. The van der Waals surface area contributed by atoms with Gasteiger partial charge in [0, 0.05) is 54.6 Å². The van der Waals surface area contributed by atoms with Gasteiger partial charge in [-0.1, -0.05) is 218 Å². The minimum atomic E-state index is 0.562. The smallest absolute Gasteiger partial charge is 0.166 e. The zero-order chi connectivity index (χ0) is 49.4. The van der Waals surface area contributed by atoms with Gasteiger partial charge in [-0.3, -0.25) is 0 Å². The van der Waals surface area contributed by atoms with Crippen LogP contribution >= 0.6 is 0 Å². The molecule has 0 radical (unpaired) electrons. The second-order valence-corrected chi connectivity index (χ2v) is 19.0. The third-order valence-electron chi connectivity index (χ3n) is 14.8. The molecule has 0 aliphatic rings. The van der Waals surface area contributed by atoms with Gasteiger partial charge in [-0.25, -0.2) is 15.0 Å². The van der Waals surface area contributed by atoms with Gasteiger partial charge < -0.3 is 13.6 Å². The van der Waals surface area contributed by atoms with Crippen molar-refractivity contribution in [3.05, 3.63) is 261 Å². The molecule has 6 nitrogen and oxygen atoms in total. The van der Waals surface area contributed by atoms with Crippen molar-refractivity contribution < 1.29 is 4.42 Å². The maximum absolute atomic E-state index is 7.52. The van der Waals surface area contributed by atoms with E-state index in [1.165, 1.54) is 5.39 Å². The number of aromatic nitrogens is 5. The summed E-state index contributed by atoms with van der Waals surface area (Å²) in [6.07, 6.45) is 0. The molecular weight excluding hydrogens is 915 g/mol. The van der Waals surface area contributed by atoms with E-state index in [-0.39, 0.29) is 0 Å². The molecule has 350 valence electrons. The first-order valence-electron chi connectivity index (χ1n) is 25.4. The summed E-state index contributed by atoms with van der Waals surface area (Å²) in [7, 11) is 0. The van der Waals surface area contributed by atoms with Crippen molar-refractivity contribution >= 4 is 65.6 Å². The van der Waals surface area contributed by atoms with Gasteiger partial charge >= 0.3 is 0 Å². The normalized spacial score (nSPS) is 11.7. The summed E-state index contributed by atoms with van der Waals surface area (Å²) in [5, 5.41) is 6.59. The Morgan fingerprint density at radius 2 is 0.613 bits per heavy atom. The number of nitrogens with zero attached hydrogens (tertiary/aromatic N) is 5. The first kappa shape index (κ1) is 42.5. The maximum atomic E-state index is 7.52. The molecule has 0 amide bonds. The zero-order valence-corrected chi connectivity index (χ0v) is 40.5. The molecule has 0 fully saturated rings. The van der Waals surface area contributed by atoms with Gasteiger partial charge in [0.15, 0.2) is 28.6 Å². The predicted octanol–water partition coefficient (Wildman–Crippen LogP) is 18.0. The number of benzene rings is 11. The van der Waals surface area contributed by atoms with E-state index in [0.717, 1.165) is 122 Å². The van der Waals surface area contributed by atoms with Gasteiger partial charge in [-0.2, -0.15) is 0 Å². The molecule has 4 aromatic heterocycles. The molecule has 0 N–H and O–H groups in total. The summed E-state index contributed by atoms with van der Waals surface area (Å²) in [5.74, 6) is 1.74. The van der Waals surface area contributed by atoms with Crippen molar-refractivity contribution in [3.63, 3.8) is 0 Å². The molecular formula is C69H43N5O. The molecule has 11 aromatic carbocycles. The average Bonchev–Trinajstić information content (AvgIpc) is 4.26. The molecule has 0 bridgehead atoms. The van der Waals surface area contributed by atoms with Gasteiger partial charge in [0.05, 0.1) is 33.4 Å². The van der Waals surface area contributed by atoms with E-state index in [1.807, 2.05) is 12.1 Å². The molecule has 0 atom stereocenters. The minimum absolute atomic E-state index is 0.562. The summed E-state index contributed by atoms with van der Waals surface area (Å²) < 4.78 is 12.3. The summed E-state index contributed by atoms with van der Waals surface area (Å²) in [6, 6.07) is 91.9. The number of rotatable bonds is 8. The Morgan fingerprint density at radius 1 is 0.240 bits per heavy atom. The summed E-state index contributed by atoms with van der Waals surface area (Å²) in [5.41, 5.74) is 17.2. The van der Waals surface area contributed by atoms with E-state index in [0.29, 0.717) is 17.5 Å². The van der Waals surface area contributed by atoms with E-state index in [2.05, 4.69) is 258 Å². The average molecular weight is 958 g/mol. The maximum Gasteiger partial charge on any atom is 0.166 e. The number of hydrogen-bond donors (Lipinski definition) is 0. The predicted molar refractivity (Wildman–Crippen MR) is 308 cm³/mol. The second kappa shape index (κ2) is 17.3. The Bertz CT molecular complexity index is 4690. The molecule has 15 aromatic rings. The lowest BCUT2D eigenvalue weighted by Crippen LogP contribution is -2.04. The van der Waals surface area contributed by atoms with Crippen LogP contribution in [0.5, 0.6) is 0 Å². The Morgan fingerprint density at radius 3 is 1.19 bits per heavy atom. The lowest BCUT2D eigenvalue weighted by Gasteiger charge is -2.15. The molecule has 0 spiro atoms. The molecule has 0 saturated heterocycles. The van der Waals surface area contributed by atoms with Crippen molar-refractivity contribution in [1.29, 1.82) is 0 Å². The van der Waals surface area contributed by atoms with Gasteiger partial charge in [-0.05, 0) is 70.3 Å². The topological polar surface area (TPSA) is 61.7 Å². The van der Waals surface area contributed by atoms with Crippen LogP contribution in [0.4, 0.5) is 0 Å². The number of para-hydroxylation sites is 4. The van der Waals surface area contributed by atoms with Crippen LogP contribution in [0.3, 0.4) is 0 Å².